The average Bonchev–Trinajstić information content (AvgIpc) is 3.46. The Labute approximate surface area is 190 Å². The number of aliphatic imine (C=N–C) groups is 1. The van der Waals surface area contributed by atoms with Gasteiger partial charge in [-0.3, -0.25) is 9.79 Å². The highest BCUT2D eigenvalue weighted by Crippen LogP contribution is 2.47. The highest BCUT2D eigenvalue weighted by atomic mass is 127. The zero-order valence-electron chi connectivity index (χ0n) is 17.0. The van der Waals surface area contributed by atoms with Crippen LogP contribution in [0.4, 0.5) is 0 Å². The van der Waals surface area contributed by atoms with Crippen LogP contribution in [0.5, 0.6) is 0 Å². The van der Waals surface area contributed by atoms with Crippen molar-refractivity contribution in [2.24, 2.45) is 16.8 Å². The predicted octanol–water partition coefficient (Wildman–Crippen LogP) is 2.61. The molecule has 1 aromatic carbocycles. The number of benzene rings is 1. The van der Waals surface area contributed by atoms with Crippen molar-refractivity contribution in [3.05, 3.63) is 35.4 Å². The van der Waals surface area contributed by atoms with E-state index in [1.807, 2.05) is 11.9 Å². The second-order valence-electron chi connectivity index (χ2n) is 8.66. The fourth-order valence-corrected chi connectivity index (χ4v) is 5.58. The number of nitrogens with one attached hydrogen (secondary N) is 1. The number of fused-ring (bicyclic) bond motifs is 5. The van der Waals surface area contributed by atoms with Crippen molar-refractivity contribution in [3.8, 4) is 0 Å². The van der Waals surface area contributed by atoms with Crippen LogP contribution in [0.2, 0.25) is 0 Å². The summed E-state index contributed by atoms with van der Waals surface area (Å²) in [6.07, 6.45) is 5.10. The SMILES string of the molecule is CN=C(NCc1cccc(CN2CCCC2=O)c1)N1CC2C3CCC(O3)C2C1.I. The molecule has 6 nitrogen and oxygen atoms in total. The number of nitrogens with zero attached hydrogens (tertiary/aromatic N) is 3. The second-order valence-corrected chi connectivity index (χ2v) is 8.66. The second kappa shape index (κ2) is 8.79. The minimum absolute atomic E-state index is 0. The third-order valence-corrected chi connectivity index (χ3v) is 6.95. The van der Waals surface area contributed by atoms with E-state index in [1.54, 1.807) is 0 Å². The molecule has 4 aliphatic heterocycles. The predicted molar refractivity (Wildman–Crippen MR) is 123 cm³/mol. The Hall–Kier alpha value is -1.35. The summed E-state index contributed by atoms with van der Waals surface area (Å²) in [4.78, 5) is 20.8. The molecule has 0 saturated carbocycles. The number of rotatable bonds is 4. The van der Waals surface area contributed by atoms with Crippen LogP contribution < -0.4 is 5.32 Å². The van der Waals surface area contributed by atoms with Crippen LogP contribution in [0.1, 0.15) is 36.8 Å². The summed E-state index contributed by atoms with van der Waals surface area (Å²) >= 11 is 0. The third kappa shape index (κ3) is 4.13. The van der Waals surface area contributed by atoms with Crippen molar-refractivity contribution < 1.29 is 9.53 Å². The van der Waals surface area contributed by atoms with Gasteiger partial charge >= 0.3 is 0 Å². The average molecular weight is 510 g/mol. The highest BCUT2D eigenvalue weighted by molar-refractivity contribution is 14.0. The molecule has 1 amide bonds. The van der Waals surface area contributed by atoms with Gasteiger partial charge in [-0.05, 0) is 30.4 Å². The maximum Gasteiger partial charge on any atom is 0.222 e. The Kier molecular flexibility index (Phi) is 6.34. The standard InChI is InChI=1S/C22H30N4O2.HI/c1-23-22(26-13-17-18(14-26)20-8-7-19(17)28-20)24-11-15-4-2-5-16(10-15)12-25-9-3-6-21(25)27;/h2,4-5,10,17-20H,3,6-9,11-14H2,1H3,(H,23,24);1H. The van der Waals surface area contributed by atoms with E-state index < -0.39 is 0 Å². The first-order chi connectivity index (χ1) is 13.7. The lowest BCUT2D eigenvalue weighted by Gasteiger charge is -2.23. The molecule has 5 rings (SSSR count). The van der Waals surface area contributed by atoms with Gasteiger partial charge in [-0.15, -0.1) is 24.0 Å². The van der Waals surface area contributed by atoms with Crippen molar-refractivity contribution >= 4 is 35.8 Å². The topological polar surface area (TPSA) is 57.2 Å². The summed E-state index contributed by atoms with van der Waals surface area (Å²) in [5.74, 6) is 2.63. The van der Waals surface area contributed by atoms with Gasteiger partial charge < -0.3 is 19.9 Å². The van der Waals surface area contributed by atoms with Crippen molar-refractivity contribution in [3.63, 3.8) is 0 Å². The number of halogens is 1. The minimum atomic E-state index is 0. The summed E-state index contributed by atoms with van der Waals surface area (Å²) in [5, 5.41) is 3.55. The number of ether oxygens (including phenoxy) is 1. The number of likely N-dealkylation sites (tertiary alicyclic amines) is 2. The van der Waals surface area contributed by atoms with Gasteiger partial charge in [0.1, 0.15) is 0 Å². The first-order valence-electron chi connectivity index (χ1n) is 10.7. The fourth-order valence-electron chi connectivity index (χ4n) is 5.58. The Morgan fingerprint density at radius 1 is 1.21 bits per heavy atom. The zero-order chi connectivity index (χ0) is 19.1. The number of guanidine groups is 1. The lowest BCUT2D eigenvalue weighted by Crippen LogP contribution is -2.41. The Morgan fingerprint density at radius 2 is 1.93 bits per heavy atom. The summed E-state index contributed by atoms with van der Waals surface area (Å²) in [6.45, 7) is 4.48. The van der Waals surface area contributed by atoms with Crippen LogP contribution in [0, 0.1) is 11.8 Å². The summed E-state index contributed by atoms with van der Waals surface area (Å²) in [5.41, 5.74) is 2.43. The summed E-state index contributed by atoms with van der Waals surface area (Å²) in [6, 6.07) is 8.55. The van der Waals surface area contributed by atoms with Crippen molar-refractivity contribution in [1.29, 1.82) is 0 Å². The Morgan fingerprint density at radius 3 is 2.59 bits per heavy atom. The van der Waals surface area contributed by atoms with E-state index in [4.69, 9.17) is 4.74 Å². The molecular weight excluding hydrogens is 479 g/mol. The first-order valence-corrected chi connectivity index (χ1v) is 10.7. The molecule has 0 spiro atoms. The Bertz CT molecular complexity index is 768. The summed E-state index contributed by atoms with van der Waals surface area (Å²) in [7, 11) is 1.87. The molecule has 4 aliphatic rings. The molecule has 0 radical (unpaired) electrons. The molecule has 4 atom stereocenters. The molecule has 0 aliphatic carbocycles. The van der Waals surface area contributed by atoms with Gasteiger partial charge in [-0.25, -0.2) is 0 Å². The smallest absolute Gasteiger partial charge is 0.222 e. The maximum atomic E-state index is 11.9. The number of amides is 1. The molecule has 1 N–H and O–H groups in total. The van der Waals surface area contributed by atoms with E-state index in [0.717, 1.165) is 45.1 Å². The van der Waals surface area contributed by atoms with Gasteiger partial charge in [0.2, 0.25) is 5.91 Å². The lowest BCUT2D eigenvalue weighted by molar-refractivity contribution is -0.128. The molecule has 158 valence electrons. The van der Waals surface area contributed by atoms with Crippen LogP contribution in [0.3, 0.4) is 0 Å². The molecule has 29 heavy (non-hydrogen) atoms. The first kappa shape index (κ1) is 20.9. The molecular formula is C22H31IN4O2. The van der Waals surface area contributed by atoms with Gasteiger partial charge in [-0.2, -0.15) is 0 Å². The number of hydrogen-bond donors (Lipinski definition) is 1. The molecule has 0 aromatic heterocycles. The monoisotopic (exact) mass is 510 g/mol. The minimum Gasteiger partial charge on any atom is -0.374 e. The van der Waals surface area contributed by atoms with E-state index in [9.17, 15) is 4.79 Å². The van der Waals surface area contributed by atoms with Crippen LogP contribution in [0.15, 0.2) is 29.3 Å². The quantitative estimate of drug-likeness (QED) is 0.385. The van der Waals surface area contributed by atoms with Gasteiger partial charge in [0.15, 0.2) is 5.96 Å². The van der Waals surface area contributed by atoms with Gasteiger partial charge in [0, 0.05) is 58.0 Å². The zero-order valence-corrected chi connectivity index (χ0v) is 19.4. The van der Waals surface area contributed by atoms with Gasteiger partial charge in [0.05, 0.1) is 12.2 Å². The Balaban J connectivity index is 0.00000205. The van der Waals surface area contributed by atoms with Crippen LogP contribution >= 0.6 is 24.0 Å². The van der Waals surface area contributed by atoms with Crippen LogP contribution in [-0.2, 0) is 22.6 Å². The molecule has 4 unspecified atom stereocenters. The molecule has 7 heteroatoms. The molecule has 2 bridgehead atoms. The largest absolute Gasteiger partial charge is 0.374 e. The van der Waals surface area contributed by atoms with Gasteiger partial charge in [0.25, 0.3) is 0 Å². The van der Waals surface area contributed by atoms with Gasteiger partial charge in [-0.1, -0.05) is 24.3 Å². The molecule has 1 aromatic rings. The summed E-state index contributed by atoms with van der Waals surface area (Å²) < 4.78 is 6.09. The lowest BCUT2D eigenvalue weighted by atomic mass is 9.82. The van der Waals surface area contributed by atoms with E-state index in [-0.39, 0.29) is 29.9 Å². The van der Waals surface area contributed by atoms with E-state index in [1.165, 1.54) is 24.0 Å². The fraction of sp³-hybridized carbons (Fsp3) is 0.636. The number of carbonyl (C=O) groups is 1. The van der Waals surface area contributed by atoms with E-state index in [0.29, 0.717) is 30.5 Å². The molecule has 4 heterocycles. The van der Waals surface area contributed by atoms with E-state index in [2.05, 4.69) is 39.5 Å². The van der Waals surface area contributed by atoms with Crippen molar-refractivity contribution in [2.45, 2.75) is 51.0 Å². The number of carbonyl (C=O) groups excluding carboxylic acids is 1. The van der Waals surface area contributed by atoms with Crippen LogP contribution in [-0.4, -0.2) is 60.6 Å². The van der Waals surface area contributed by atoms with Crippen LogP contribution in [0.25, 0.3) is 0 Å². The van der Waals surface area contributed by atoms with Crippen molar-refractivity contribution in [2.75, 3.05) is 26.7 Å². The number of hydrogen-bond acceptors (Lipinski definition) is 3. The third-order valence-electron chi connectivity index (χ3n) is 6.95. The highest BCUT2D eigenvalue weighted by Gasteiger charge is 2.53. The molecule has 4 saturated heterocycles. The van der Waals surface area contributed by atoms with E-state index >= 15 is 0 Å². The normalized spacial score (nSPS) is 30.7. The maximum absolute atomic E-state index is 11.9. The van der Waals surface area contributed by atoms with Crippen molar-refractivity contribution in [1.82, 2.24) is 15.1 Å². The molecule has 4 fully saturated rings.